The summed E-state index contributed by atoms with van der Waals surface area (Å²) in [4.78, 5) is 9.35. The van der Waals surface area contributed by atoms with E-state index >= 15 is 0 Å². The Labute approximate surface area is 127 Å². The first-order chi connectivity index (χ1) is 10.9. The van der Waals surface area contributed by atoms with E-state index in [9.17, 15) is 0 Å². The second-order valence-corrected chi connectivity index (χ2v) is 5.55. The van der Waals surface area contributed by atoms with Crippen LogP contribution in [-0.4, -0.2) is 9.97 Å². The molecule has 0 aliphatic carbocycles. The molecule has 5 aromatic rings. The number of pyridine rings is 2. The van der Waals surface area contributed by atoms with E-state index in [1.165, 1.54) is 21.5 Å². The Morgan fingerprint density at radius 3 is 2.09 bits per heavy atom. The fourth-order valence-electron chi connectivity index (χ4n) is 3.27. The van der Waals surface area contributed by atoms with Crippen LogP contribution < -0.4 is 0 Å². The first-order valence-electron chi connectivity index (χ1n) is 7.36. The molecule has 2 heterocycles. The van der Waals surface area contributed by atoms with E-state index in [4.69, 9.17) is 4.98 Å². The predicted molar refractivity (Wildman–Crippen MR) is 92.1 cm³/mol. The Hall–Kier alpha value is -3.00. The van der Waals surface area contributed by atoms with Gasteiger partial charge in [0.15, 0.2) is 0 Å². The molecule has 0 unspecified atom stereocenters. The molecule has 5 rings (SSSR count). The third kappa shape index (κ3) is 1.49. The maximum Gasteiger partial charge on any atom is 0.0808 e. The molecule has 22 heavy (non-hydrogen) atoms. The number of benzene rings is 3. The highest BCUT2D eigenvalue weighted by Crippen LogP contribution is 2.32. The van der Waals surface area contributed by atoms with Crippen LogP contribution in [0.3, 0.4) is 0 Å². The monoisotopic (exact) mass is 280 g/mol. The lowest BCUT2D eigenvalue weighted by Crippen LogP contribution is -1.88. The van der Waals surface area contributed by atoms with Gasteiger partial charge in [0.25, 0.3) is 0 Å². The van der Waals surface area contributed by atoms with Crippen molar-refractivity contribution in [3.05, 3.63) is 73.1 Å². The molecule has 2 aromatic heterocycles. The largest absolute Gasteiger partial charge is 0.256 e. The molecule has 0 aliphatic heterocycles. The highest BCUT2D eigenvalue weighted by molar-refractivity contribution is 6.21. The van der Waals surface area contributed by atoms with E-state index in [-0.39, 0.29) is 0 Å². The topological polar surface area (TPSA) is 25.8 Å². The molecule has 2 nitrogen and oxygen atoms in total. The Morgan fingerprint density at radius 2 is 1.23 bits per heavy atom. The SMILES string of the molecule is c1ccc2c(c1)cnc1c2ccc2ncc3ccccc3c21. The average molecular weight is 280 g/mol. The molecule has 102 valence electrons. The Bertz CT molecular complexity index is 1180. The van der Waals surface area contributed by atoms with E-state index in [0.717, 1.165) is 21.8 Å². The van der Waals surface area contributed by atoms with Gasteiger partial charge in [-0.25, -0.2) is 0 Å². The van der Waals surface area contributed by atoms with Crippen LogP contribution in [0.15, 0.2) is 73.1 Å². The first kappa shape index (κ1) is 11.6. The van der Waals surface area contributed by atoms with E-state index in [2.05, 4.69) is 53.5 Å². The Morgan fingerprint density at radius 1 is 0.545 bits per heavy atom. The highest BCUT2D eigenvalue weighted by Gasteiger charge is 2.09. The number of aromatic nitrogens is 2. The predicted octanol–water partition coefficient (Wildman–Crippen LogP) is 5.09. The summed E-state index contributed by atoms with van der Waals surface area (Å²) in [5.41, 5.74) is 2.02. The van der Waals surface area contributed by atoms with Crippen LogP contribution in [0.2, 0.25) is 0 Å². The van der Waals surface area contributed by atoms with Gasteiger partial charge in [0, 0.05) is 33.9 Å². The van der Waals surface area contributed by atoms with Crippen LogP contribution in [-0.2, 0) is 0 Å². The summed E-state index contributed by atoms with van der Waals surface area (Å²) in [6.45, 7) is 0. The van der Waals surface area contributed by atoms with Crippen molar-refractivity contribution in [2.75, 3.05) is 0 Å². The second kappa shape index (κ2) is 4.25. The van der Waals surface area contributed by atoms with E-state index < -0.39 is 0 Å². The lowest BCUT2D eigenvalue weighted by atomic mass is 10.0. The van der Waals surface area contributed by atoms with Gasteiger partial charge in [-0.2, -0.15) is 0 Å². The fourth-order valence-corrected chi connectivity index (χ4v) is 3.27. The third-order valence-corrected chi connectivity index (χ3v) is 4.31. The van der Waals surface area contributed by atoms with E-state index in [1.54, 1.807) is 0 Å². The van der Waals surface area contributed by atoms with E-state index in [0.29, 0.717) is 0 Å². The lowest BCUT2D eigenvalue weighted by Gasteiger charge is -2.08. The summed E-state index contributed by atoms with van der Waals surface area (Å²) in [5, 5.41) is 7.09. The smallest absolute Gasteiger partial charge is 0.0808 e. The minimum Gasteiger partial charge on any atom is -0.256 e. The fraction of sp³-hybridized carbons (Fsp3) is 0. The summed E-state index contributed by atoms with van der Waals surface area (Å²) >= 11 is 0. The molecule has 0 N–H and O–H groups in total. The van der Waals surface area contributed by atoms with Crippen molar-refractivity contribution in [1.82, 2.24) is 9.97 Å². The molecule has 0 atom stereocenters. The standard InChI is InChI=1S/C20H12N2/c1-3-7-15-13(5-1)12-22-20-17(15)9-10-18-19(20)16-8-4-2-6-14(16)11-21-18/h1-12H. The number of rotatable bonds is 0. The number of fused-ring (bicyclic) bond motifs is 7. The van der Waals surface area contributed by atoms with Gasteiger partial charge in [-0.15, -0.1) is 0 Å². The van der Waals surface area contributed by atoms with Crippen LogP contribution in [0.25, 0.3) is 43.4 Å². The quantitative estimate of drug-likeness (QED) is 0.369. The van der Waals surface area contributed by atoms with Crippen molar-refractivity contribution in [3.63, 3.8) is 0 Å². The Kier molecular flexibility index (Phi) is 2.25. The molecule has 0 spiro atoms. The molecule has 0 radical (unpaired) electrons. The third-order valence-electron chi connectivity index (χ3n) is 4.31. The van der Waals surface area contributed by atoms with E-state index in [1.807, 2.05) is 24.5 Å². The van der Waals surface area contributed by atoms with Crippen molar-refractivity contribution in [3.8, 4) is 0 Å². The van der Waals surface area contributed by atoms with Crippen molar-refractivity contribution in [2.24, 2.45) is 0 Å². The summed E-state index contributed by atoms with van der Waals surface area (Å²) in [6, 6.07) is 21.0. The molecule has 0 fully saturated rings. The highest BCUT2D eigenvalue weighted by atomic mass is 14.7. The molecular formula is C20H12N2. The molecule has 0 bridgehead atoms. The summed E-state index contributed by atoms with van der Waals surface area (Å²) in [7, 11) is 0. The zero-order chi connectivity index (χ0) is 14.5. The normalized spacial score (nSPS) is 11.6. The summed E-state index contributed by atoms with van der Waals surface area (Å²) in [5.74, 6) is 0. The Balaban J connectivity index is 2.11. The van der Waals surface area contributed by atoms with Gasteiger partial charge >= 0.3 is 0 Å². The molecule has 0 saturated carbocycles. The molecule has 0 aliphatic rings. The maximum absolute atomic E-state index is 4.75. The molecule has 0 saturated heterocycles. The van der Waals surface area contributed by atoms with Gasteiger partial charge in [0.05, 0.1) is 11.0 Å². The zero-order valence-corrected chi connectivity index (χ0v) is 11.8. The van der Waals surface area contributed by atoms with Crippen LogP contribution in [0.1, 0.15) is 0 Å². The molecule has 0 amide bonds. The second-order valence-electron chi connectivity index (χ2n) is 5.55. The van der Waals surface area contributed by atoms with Crippen molar-refractivity contribution < 1.29 is 0 Å². The number of hydrogen-bond acceptors (Lipinski definition) is 2. The van der Waals surface area contributed by atoms with Crippen molar-refractivity contribution >= 4 is 43.4 Å². The number of hydrogen-bond donors (Lipinski definition) is 0. The van der Waals surface area contributed by atoms with Crippen LogP contribution in [0.5, 0.6) is 0 Å². The number of nitrogens with zero attached hydrogens (tertiary/aromatic N) is 2. The van der Waals surface area contributed by atoms with Crippen LogP contribution in [0, 0.1) is 0 Å². The van der Waals surface area contributed by atoms with Gasteiger partial charge in [-0.3, -0.25) is 9.97 Å². The van der Waals surface area contributed by atoms with Crippen LogP contribution in [0.4, 0.5) is 0 Å². The van der Waals surface area contributed by atoms with Crippen molar-refractivity contribution in [2.45, 2.75) is 0 Å². The molecule has 3 aromatic carbocycles. The maximum atomic E-state index is 4.75. The summed E-state index contributed by atoms with van der Waals surface area (Å²) in [6.07, 6.45) is 3.89. The lowest BCUT2D eigenvalue weighted by molar-refractivity contribution is 1.43. The minimum atomic E-state index is 0.994. The molecule has 2 heteroatoms. The summed E-state index contributed by atoms with van der Waals surface area (Å²) < 4.78 is 0. The first-order valence-corrected chi connectivity index (χ1v) is 7.36. The van der Waals surface area contributed by atoms with Gasteiger partial charge in [0.2, 0.25) is 0 Å². The van der Waals surface area contributed by atoms with Gasteiger partial charge < -0.3 is 0 Å². The average Bonchev–Trinajstić information content (AvgIpc) is 2.60. The van der Waals surface area contributed by atoms with Crippen molar-refractivity contribution in [1.29, 1.82) is 0 Å². The zero-order valence-electron chi connectivity index (χ0n) is 11.8. The van der Waals surface area contributed by atoms with Gasteiger partial charge in [-0.05, 0) is 22.9 Å². The van der Waals surface area contributed by atoms with Crippen LogP contribution >= 0.6 is 0 Å². The van der Waals surface area contributed by atoms with Gasteiger partial charge in [-0.1, -0.05) is 48.5 Å². The minimum absolute atomic E-state index is 0.994. The van der Waals surface area contributed by atoms with Gasteiger partial charge in [0.1, 0.15) is 0 Å². The molecular weight excluding hydrogens is 268 g/mol.